The highest BCUT2D eigenvalue weighted by molar-refractivity contribution is 14.1. The lowest BCUT2D eigenvalue weighted by molar-refractivity contribution is -0.275. The second kappa shape index (κ2) is 6.60. The second-order valence-corrected chi connectivity index (χ2v) is 4.61. The van der Waals surface area contributed by atoms with Crippen LogP contribution in [0.15, 0.2) is 6.20 Å². The van der Waals surface area contributed by atoms with E-state index in [0.29, 0.717) is 0 Å². The molecule has 1 aromatic heterocycles. The van der Waals surface area contributed by atoms with Crippen LogP contribution in [0, 0.1) is 3.70 Å². The summed E-state index contributed by atoms with van der Waals surface area (Å²) in [6, 6.07) is 0. The predicted octanol–water partition coefficient (Wildman–Crippen LogP) is 3.04. The number of esters is 1. The quantitative estimate of drug-likeness (QED) is 0.332. The molecule has 0 aliphatic heterocycles. The molecule has 0 amide bonds. The lowest BCUT2D eigenvalue weighted by Gasteiger charge is -2.16. The van der Waals surface area contributed by atoms with Gasteiger partial charge in [0.05, 0.1) is 13.5 Å². The van der Waals surface area contributed by atoms with Crippen LogP contribution in [0.1, 0.15) is 11.1 Å². The van der Waals surface area contributed by atoms with E-state index in [9.17, 15) is 18.0 Å². The molecular weight excluding hydrogens is 401 g/mol. The number of carbonyl (C=O) groups excluding carboxylic acids is 1. The predicted molar refractivity (Wildman–Crippen MR) is 68.9 cm³/mol. The molecule has 0 aliphatic rings. The summed E-state index contributed by atoms with van der Waals surface area (Å²) in [4.78, 5) is 15.0. The molecular formula is C10H8ClF3INO3. The number of hydrogen-bond donors (Lipinski definition) is 0. The van der Waals surface area contributed by atoms with Crippen molar-refractivity contribution in [2.75, 3.05) is 7.11 Å². The van der Waals surface area contributed by atoms with Gasteiger partial charge in [0, 0.05) is 17.6 Å². The number of nitrogens with zero attached hydrogens (tertiary/aromatic N) is 1. The van der Waals surface area contributed by atoms with E-state index in [2.05, 4.69) is 14.5 Å². The van der Waals surface area contributed by atoms with Crippen LogP contribution in [0.5, 0.6) is 5.75 Å². The number of carbonyl (C=O) groups is 1. The van der Waals surface area contributed by atoms with E-state index in [1.807, 2.05) is 0 Å². The first-order valence-corrected chi connectivity index (χ1v) is 6.44. The lowest BCUT2D eigenvalue weighted by atomic mass is 10.1. The van der Waals surface area contributed by atoms with Gasteiger partial charge in [0.1, 0.15) is 3.70 Å². The first-order valence-electron chi connectivity index (χ1n) is 4.83. The molecule has 0 spiro atoms. The summed E-state index contributed by atoms with van der Waals surface area (Å²) in [5.74, 6) is -1.30. The van der Waals surface area contributed by atoms with Crippen molar-refractivity contribution in [2.24, 2.45) is 0 Å². The van der Waals surface area contributed by atoms with Gasteiger partial charge in [-0.1, -0.05) is 0 Å². The molecule has 0 atom stereocenters. The summed E-state index contributed by atoms with van der Waals surface area (Å²) in [5.41, 5.74) is 0.310. The van der Waals surface area contributed by atoms with Gasteiger partial charge in [-0.3, -0.25) is 4.79 Å². The Labute approximate surface area is 125 Å². The van der Waals surface area contributed by atoms with Gasteiger partial charge in [-0.05, 0) is 28.2 Å². The van der Waals surface area contributed by atoms with Crippen LogP contribution in [0.4, 0.5) is 13.2 Å². The summed E-state index contributed by atoms with van der Waals surface area (Å²) < 4.78 is 45.4. The molecule has 0 saturated heterocycles. The number of hydrogen-bond acceptors (Lipinski definition) is 4. The summed E-state index contributed by atoms with van der Waals surface area (Å²) in [6.07, 6.45) is -3.95. The molecule has 0 unspecified atom stereocenters. The maximum atomic E-state index is 12.4. The molecule has 0 aliphatic carbocycles. The number of aromatic nitrogens is 1. The highest BCUT2D eigenvalue weighted by atomic mass is 127. The van der Waals surface area contributed by atoms with Gasteiger partial charge in [-0.25, -0.2) is 4.98 Å². The maximum absolute atomic E-state index is 12.4. The SMILES string of the molecule is COC(=O)Cc1c(CCl)cnc(I)c1OC(F)(F)F. The molecule has 106 valence electrons. The van der Waals surface area contributed by atoms with E-state index in [1.165, 1.54) is 6.20 Å². The molecule has 1 aromatic rings. The Balaban J connectivity index is 3.28. The summed E-state index contributed by atoms with van der Waals surface area (Å²) in [5, 5.41) is 0. The molecule has 0 aromatic carbocycles. The van der Waals surface area contributed by atoms with Gasteiger partial charge in [-0.15, -0.1) is 24.8 Å². The lowest BCUT2D eigenvalue weighted by Crippen LogP contribution is -2.21. The fraction of sp³-hybridized carbons (Fsp3) is 0.400. The van der Waals surface area contributed by atoms with Gasteiger partial charge in [0.15, 0.2) is 5.75 Å². The number of halogens is 5. The maximum Gasteiger partial charge on any atom is 0.573 e. The molecule has 0 bridgehead atoms. The second-order valence-electron chi connectivity index (χ2n) is 3.32. The smallest absolute Gasteiger partial charge is 0.469 e. The van der Waals surface area contributed by atoms with Crippen molar-refractivity contribution in [3.63, 3.8) is 0 Å². The molecule has 0 N–H and O–H groups in total. The van der Waals surface area contributed by atoms with Gasteiger partial charge in [0.2, 0.25) is 0 Å². The largest absolute Gasteiger partial charge is 0.573 e. The zero-order valence-electron chi connectivity index (χ0n) is 9.55. The van der Waals surface area contributed by atoms with Crippen LogP contribution in [0.25, 0.3) is 0 Å². The zero-order chi connectivity index (χ0) is 14.6. The zero-order valence-corrected chi connectivity index (χ0v) is 12.5. The van der Waals surface area contributed by atoms with Gasteiger partial charge in [0.25, 0.3) is 0 Å². The Morgan fingerprint density at radius 3 is 2.63 bits per heavy atom. The molecule has 4 nitrogen and oxygen atoms in total. The van der Waals surface area contributed by atoms with Gasteiger partial charge >= 0.3 is 12.3 Å². The Morgan fingerprint density at radius 1 is 1.53 bits per heavy atom. The van der Waals surface area contributed by atoms with Crippen LogP contribution in [0.3, 0.4) is 0 Å². The van der Waals surface area contributed by atoms with E-state index in [4.69, 9.17) is 11.6 Å². The first kappa shape index (κ1) is 16.3. The summed E-state index contributed by atoms with van der Waals surface area (Å²) in [6.45, 7) is 0. The molecule has 1 heterocycles. The molecule has 19 heavy (non-hydrogen) atoms. The van der Waals surface area contributed by atoms with E-state index >= 15 is 0 Å². The number of rotatable bonds is 4. The number of methoxy groups -OCH3 is 1. The Kier molecular flexibility index (Phi) is 5.65. The molecule has 1 rings (SSSR count). The van der Waals surface area contributed by atoms with E-state index in [1.54, 1.807) is 22.6 Å². The van der Waals surface area contributed by atoms with Crippen LogP contribution in [-0.2, 0) is 21.8 Å². The summed E-state index contributed by atoms with van der Waals surface area (Å²) >= 11 is 7.21. The van der Waals surface area contributed by atoms with Crippen molar-refractivity contribution >= 4 is 40.2 Å². The molecule has 0 fully saturated rings. The van der Waals surface area contributed by atoms with E-state index in [-0.39, 0.29) is 27.1 Å². The fourth-order valence-corrected chi connectivity index (χ4v) is 2.09. The van der Waals surface area contributed by atoms with Crippen LogP contribution in [-0.4, -0.2) is 24.4 Å². The third-order valence-electron chi connectivity index (χ3n) is 2.09. The van der Waals surface area contributed by atoms with E-state index < -0.39 is 18.1 Å². The molecule has 0 radical (unpaired) electrons. The third-order valence-corrected chi connectivity index (χ3v) is 3.15. The monoisotopic (exact) mass is 409 g/mol. The van der Waals surface area contributed by atoms with Gasteiger partial charge < -0.3 is 9.47 Å². The molecule has 0 saturated carbocycles. The highest BCUT2D eigenvalue weighted by Crippen LogP contribution is 2.33. The van der Waals surface area contributed by atoms with Crippen LogP contribution in [0.2, 0.25) is 0 Å². The van der Waals surface area contributed by atoms with Crippen molar-refractivity contribution in [3.8, 4) is 5.75 Å². The molecule has 9 heteroatoms. The highest BCUT2D eigenvalue weighted by Gasteiger charge is 2.34. The number of ether oxygens (including phenoxy) is 2. The number of pyridine rings is 1. The van der Waals surface area contributed by atoms with Crippen LogP contribution >= 0.6 is 34.2 Å². The van der Waals surface area contributed by atoms with Crippen molar-refractivity contribution in [1.29, 1.82) is 0 Å². The fourth-order valence-electron chi connectivity index (χ4n) is 1.29. The van der Waals surface area contributed by atoms with Crippen molar-refractivity contribution in [3.05, 3.63) is 21.0 Å². The Hall–Kier alpha value is -0.770. The number of alkyl halides is 4. The van der Waals surface area contributed by atoms with Gasteiger partial charge in [-0.2, -0.15) is 0 Å². The average Bonchev–Trinajstić information content (AvgIpc) is 2.32. The first-order chi connectivity index (χ1) is 8.78. The standard InChI is InChI=1S/C10H8ClF3INO3/c1-18-7(17)2-6-5(3-11)4-16-9(15)8(6)19-10(12,13)14/h4H,2-3H2,1H3. The van der Waals surface area contributed by atoms with Crippen molar-refractivity contribution < 1.29 is 27.4 Å². The van der Waals surface area contributed by atoms with E-state index in [0.717, 1.165) is 7.11 Å². The minimum absolute atomic E-state index is 0.0114. The normalized spacial score (nSPS) is 11.3. The van der Waals surface area contributed by atoms with Crippen molar-refractivity contribution in [2.45, 2.75) is 18.7 Å². The average molecular weight is 410 g/mol. The minimum atomic E-state index is -4.88. The Bertz CT molecular complexity index is 482. The minimum Gasteiger partial charge on any atom is -0.469 e. The topological polar surface area (TPSA) is 48.4 Å². The Morgan fingerprint density at radius 2 is 2.16 bits per heavy atom. The van der Waals surface area contributed by atoms with Crippen LogP contribution < -0.4 is 4.74 Å². The summed E-state index contributed by atoms with van der Waals surface area (Å²) in [7, 11) is 1.14. The third kappa shape index (κ3) is 4.68. The van der Waals surface area contributed by atoms with Crippen molar-refractivity contribution in [1.82, 2.24) is 4.98 Å².